The molecule has 7 heteroatoms. The summed E-state index contributed by atoms with van der Waals surface area (Å²) in [6, 6.07) is 1.59. The molecular formula is C7H4Cl2N2O3. The molecule has 0 spiro atoms. The molecule has 2 N–H and O–H groups in total. The van der Waals surface area contributed by atoms with Crippen LogP contribution in [0.3, 0.4) is 0 Å². The van der Waals surface area contributed by atoms with E-state index in [4.69, 9.17) is 34.2 Å². The van der Waals surface area contributed by atoms with Crippen molar-refractivity contribution < 1.29 is 14.3 Å². The van der Waals surface area contributed by atoms with Gasteiger partial charge in [-0.25, -0.2) is 4.79 Å². The first-order chi connectivity index (χ1) is 6.49. The molecule has 0 aromatic carbocycles. The average molecular weight is 235 g/mol. The summed E-state index contributed by atoms with van der Waals surface area (Å²) in [6.07, 6.45) is -1.18. The van der Waals surface area contributed by atoms with E-state index in [0.717, 1.165) is 0 Å². The topological polar surface area (TPSA) is 93.2 Å². The van der Waals surface area contributed by atoms with Crippen molar-refractivity contribution in [1.82, 2.24) is 0 Å². The third-order valence-electron chi connectivity index (χ3n) is 1.62. The van der Waals surface area contributed by atoms with Crippen LogP contribution in [0.15, 0.2) is 10.1 Å². The van der Waals surface area contributed by atoms with E-state index in [1.54, 1.807) is 6.07 Å². The van der Waals surface area contributed by atoms with Crippen molar-refractivity contribution in [3.8, 4) is 6.07 Å². The smallest absolute Gasteiger partial charge is 0.351 e. The Morgan fingerprint density at radius 1 is 1.64 bits per heavy atom. The Morgan fingerprint density at radius 3 is 2.50 bits per heavy atom. The van der Waals surface area contributed by atoms with Crippen molar-refractivity contribution in [2.45, 2.75) is 6.10 Å². The van der Waals surface area contributed by atoms with Crippen molar-refractivity contribution in [2.75, 3.05) is 0 Å². The maximum absolute atomic E-state index is 10.9. The lowest BCUT2D eigenvalue weighted by Gasteiger charge is -2.12. The minimum atomic E-state index is -1.32. The summed E-state index contributed by atoms with van der Waals surface area (Å²) in [5.41, 5.74) is 4.90. The van der Waals surface area contributed by atoms with Gasteiger partial charge in [-0.2, -0.15) is 5.26 Å². The summed E-state index contributed by atoms with van der Waals surface area (Å²) in [6.45, 7) is 0. The van der Waals surface area contributed by atoms with E-state index in [0.29, 0.717) is 0 Å². The van der Waals surface area contributed by atoms with Crippen LogP contribution in [0.1, 0.15) is 0 Å². The number of cyclic esters (lactones) is 1. The lowest BCUT2D eigenvalue weighted by atomic mass is 10.0. The number of nitrogens with zero attached hydrogens (tertiary/aromatic N) is 1. The van der Waals surface area contributed by atoms with E-state index < -0.39 is 23.9 Å². The lowest BCUT2D eigenvalue weighted by Crippen LogP contribution is -2.33. The van der Waals surface area contributed by atoms with E-state index in [1.807, 2.05) is 0 Å². The zero-order chi connectivity index (χ0) is 10.9. The van der Waals surface area contributed by atoms with Crippen LogP contribution in [0.25, 0.3) is 0 Å². The number of nitriles is 1. The van der Waals surface area contributed by atoms with Gasteiger partial charge < -0.3 is 10.5 Å². The number of carbonyl (C=O) groups is 2. The molecule has 2 atom stereocenters. The van der Waals surface area contributed by atoms with E-state index in [-0.39, 0.29) is 10.1 Å². The molecule has 0 aromatic heterocycles. The molecule has 0 radical (unpaired) electrons. The predicted molar refractivity (Wildman–Crippen MR) is 46.9 cm³/mol. The van der Waals surface area contributed by atoms with Gasteiger partial charge in [-0.1, -0.05) is 23.2 Å². The number of amides is 1. The van der Waals surface area contributed by atoms with Gasteiger partial charge in [-0.05, 0) is 0 Å². The molecule has 1 aliphatic heterocycles. The SMILES string of the molecule is N#C[C@@H](C(N)=O)[C@@H]1OC(=O)C(Cl)=C1Cl. The first-order valence-corrected chi connectivity index (χ1v) is 4.19. The van der Waals surface area contributed by atoms with Gasteiger partial charge in [0.1, 0.15) is 5.03 Å². The molecule has 0 saturated heterocycles. The summed E-state index contributed by atoms with van der Waals surface area (Å²) in [7, 11) is 0. The van der Waals surface area contributed by atoms with Gasteiger partial charge in [0.05, 0.1) is 11.1 Å². The highest BCUT2D eigenvalue weighted by molar-refractivity contribution is 6.48. The molecule has 0 aliphatic carbocycles. The van der Waals surface area contributed by atoms with Gasteiger partial charge in [-0.15, -0.1) is 0 Å². The van der Waals surface area contributed by atoms with Crippen molar-refractivity contribution in [3.63, 3.8) is 0 Å². The highest BCUT2D eigenvalue weighted by Crippen LogP contribution is 2.32. The number of rotatable bonds is 2. The van der Waals surface area contributed by atoms with Gasteiger partial charge in [-0.3, -0.25) is 4.79 Å². The zero-order valence-corrected chi connectivity index (χ0v) is 8.17. The summed E-state index contributed by atoms with van der Waals surface area (Å²) >= 11 is 11.0. The van der Waals surface area contributed by atoms with Crippen LogP contribution in [-0.2, 0) is 14.3 Å². The predicted octanol–water partition coefficient (Wildman–Crippen LogP) is 0.226. The van der Waals surface area contributed by atoms with Gasteiger partial charge in [0.15, 0.2) is 12.0 Å². The van der Waals surface area contributed by atoms with Crippen LogP contribution < -0.4 is 5.73 Å². The number of ether oxygens (including phenoxy) is 1. The van der Waals surface area contributed by atoms with Gasteiger partial charge in [0.2, 0.25) is 5.91 Å². The van der Waals surface area contributed by atoms with Crippen LogP contribution >= 0.6 is 23.2 Å². The summed E-state index contributed by atoms with van der Waals surface area (Å²) in [4.78, 5) is 21.6. The Labute approximate surface area is 89.0 Å². The van der Waals surface area contributed by atoms with Gasteiger partial charge >= 0.3 is 5.97 Å². The van der Waals surface area contributed by atoms with Crippen molar-refractivity contribution in [3.05, 3.63) is 10.1 Å². The van der Waals surface area contributed by atoms with E-state index in [1.165, 1.54) is 0 Å². The number of esters is 1. The van der Waals surface area contributed by atoms with Crippen LogP contribution in [0, 0.1) is 17.2 Å². The van der Waals surface area contributed by atoms with Crippen LogP contribution in [0.5, 0.6) is 0 Å². The standard InChI is InChI=1S/C7H4Cl2N2O3/c8-3-4(9)7(13)14-5(3)2(1-10)6(11)12/h2,5H,(H2,11,12)/t2-,5+/m1/s1. The molecule has 14 heavy (non-hydrogen) atoms. The van der Waals surface area contributed by atoms with E-state index >= 15 is 0 Å². The number of nitrogens with two attached hydrogens (primary N) is 1. The maximum Gasteiger partial charge on any atom is 0.351 e. The second-order valence-electron chi connectivity index (χ2n) is 2.50. The molecule has 0 saturated carbocycles. The summed E-state index contributed by atoms with van der Waals surface area (Å²) in [5.74, 6) is -3.10. The van der Waals surface area contributed by atoms with Crippen LogP contribution in [0.4, 0.5) is 0 Å². The molecule has 1 amide bonds. The second kappa shape index (κ2) is 3.86. The molecular weight excluding hydrogens is 231 g/mol. The fraction of sp³-hybridized carbons (Fsp3) is 0.286. The van der Waals surface area contributed by atoms with E-state index in [2.05, 4.69) is 4.74 Å². The monoisotopic (exact) mass is 234 g/mol. The third-order valence-corrected chi connectivity index (χ3v) is 2.48. The minimum Gasteiger partial charge on any atom is -0.450 e. The number of carbonyl (C=O) groups excluding carboxylic acids is 2. The first-order valence-electron chi connectivity index (χ1n) is 3.44. The molecule has 0 fully saturated rings. The molecule has 1 heterocycles. The molecule has 1 aliphatic rings. The fourth-order valence-corrected chi connectivity index (χ4v) is 1.34. The number of primary amides is 1. The highest BCUT2D eigenvalue weighted by Gasteiger charge is 2.40. The Balaban J connectivity index is 2.99. The van der Waals surface area contributed by atoms with Crippen LogP contribution in [0.2, 0.25) is 0 Å². The maximum atomic E-state index is 10.9. The highest BCUT2D eigenvalue weighted by atomic mass is 35.5. The zero-order valence-electron chi connectivity index (χ0n) is 6.66. The fourth-order valence-electron chi connectivity index (χ4n) is 0.936. The van der Waals surface area contributed by atoms with Crippen molar-refractivity contribution in [1.29, 1.82) is 5.26 Å². The van der Waals surface area contributed by atoms with E-state index in [9.17, 15) is 9.59 Å². The normalized spacial score (nSPS) is 22.9. The Bertz CT molecular complexity index is 372. The quantitative estimate of drug-likeness (QED) is 0.693. The Kier molecular flexibility index (Phi) is 2.99. The average Bonchev–Trinajstić information content (AvgIpc) is 2.35. The molecule has 5 nitrogen and oxygen atoms in total. The largest absolute Gasteiger partial charge is 0.450 e. The third kappa shape index (κ3) is 1.67. The van der Waals surface area contributed by atoms with Crippen molar-refractivity contribution in [2.24, 2.45) is 11.7 Å². The Hall–Kier alpha value is -1.25. The first kappa shape index (κ1) is 10.8. The Morgan fingerprint density at radius 2 is 2.21 bits per heavy atom. The molecule has 0 unspecified atom stereocenters. The van der Waals surface area contributed by atoms with Crippen LogP contribution in [-0.4, -0.2) is 18.0 Å². The number of hydrogen-bond donors (Lipinski definition) is 1. The molecule has 0 aromatic rings. The minimum absolute atomic E-state index is 0.165. The second-order valence-corrected chi connectivity index (χ2v) is 3.28. The van der Waals surface area contributed by atoms with Gasteiger partial charge in [0, 0.05) is 0 Å². The number of halogens is 2. The molecule has 0 bridgehead atoms. The molecule has 1 rings (SSSR count). The lowest BCUT2D eigenvalue weighted by molar-refractivity contribution is -0.141. The van der Waals surface area contributed by atoms with Crippen molar-refractivity contribution >= 4 is 35.1 Å². The van der Waals surface area contributed by atoms with Gasteiger partial charge in [0.25, 0.3) is 0 Å². The molecule has 74 valence electrons. The number of hydrogen-bond acceptors (Lipinski definition) is 4. The summed E-state index contributed by atoms with van der Waals surface area (Å²) in [5, 5.41) is 8.09. The summed E-state index contributed by atoms with van der Waals surface area (Å²) < 4.78 is 4.60.